The first-order chi connectivity index (χ1) is 11.5. The minimum Gasteiger partial charge on any atom is -0.388 e. The molecule has 2 N–H and O–H groups in total. The Balaban J connectivity index is 1.71. The van der Waals surface area contributed by atoms with Gasteiger partial charge >= 0.3 is 0 Å². The van der Waals surface area contributed by atoms with Crippen LogP contribution in [-0.2, 0) is 13.5 Å². The van der Waals surface area contributed by atoms with Crippen LogP contribution in [0.3, 0.4) is 0 Å². The van der Waals surface area contributed by atoms with Gasteiger partial charge in [0.25, 0.3) is 5.91 Å². The Morgan fingerprint density at radius 1 is 1.42 bits per heavy atom. The molecule has 0 spiro atoms. The molecular formula is C18H22ClN3O2. The molecule has 1 aromatic carbocycles. The number of nitrogens with one attached hydrogen (secondary N) is 1. The van der Waals surface area contributed by atoms with Gasteiger partial charge in [0.2, 0.25) is 0 Å². The number of aromatic nitrogens is 2. The molecule has 1 aliphatic carbocycles. The minimum atomic E-state index is -0.575. The van der Waals surface area contributed by atoms with E-state index in [4.69, 9.17) is 11.6 Å². The van der Waals surface area contributed by atoms with Crippen molar-refractivity contribution in [3.05, 3.63) is 52.3 Å². The number of amides is 1. The van der Waals surface area contributed by atoms with Gasteiger partial charge in [-0.2, -0.15) is 5.10 Å². The van der Waals surface area contributed by atoms with E-state index in [0.29, 0.717) is 29.4 Å². The largest absolute Gasteiger partial charge is 0.388 e. The number of aliphatic hydroxyl groups excluding tert-OH is 1. The van der Waals surface area contributed by atoms with Crippen LogP contribution in [0.25, 0.3) is 0 Å². The van der Waals surface area contributed by atoms with E-state index in [9.17, 15) is 9.90 Å². The molecule has 5 nitrogen and oxygen atoms in total. The summed E-state index contributed by atoms with van der Waals surface area (Å²) in [6.07, 6.45) is 1.85. The molecule has 0 radical (unpaired) electrons. The number of rotatable bonds is 6. The zero-order chi connectivity index (χ0) is 17.3. The van der Waals surface area contributed by atoms with E-state index in [1.165, 1.54) is 4.68 Å². The van der Waals surface area contributed by atoms with E-state index in [-0.39, 0.29) is 11.3 Å². The number of aliphatic hydroxyl groups is 1. The smallest absolute Gasteiger partial charge is 0.256 e. The first-order valence-corrected chi connectivity index (χ1v) is 8.59. The van der Waals surface area contributed by atoms with Crippen LogP contribution < -0.4 is 5.32 Å². The van der Waals surface area contributed by atoms with Gasteiger partial charge in [0, 0.05) is 19.0 Å². The number of hydrogen-bond donors (Lipinski definition) is 2. The van der Waals surface area contributed by atoms with E-state index in [1.807, 2.05) is 37.3 Å². The third kappa shape index (κ3) is 3.06. The predicted octanol–water partition coefficient (Wildman–Crippen LogP) is 2.88. The predicted molar refractivity (Wildman–Crippen MR) is 93.0 cm³/mol. The first-order valence-electron chi connectivity index (χ1n) is 8.21. The van der Waals surface area contributed by atoms with Crippen LogP contribution >= 0.6 is 11.6 Å². The second-order valence-electron chi connectivity index (χ2n) is 6.45. The van der Waals surface area contributed by atoms with E-state index >= 15 is 0 Å². The lowest BCUT2D eigenvalue weighted by Gasteiger charge is -2.23. The lowest BCUT2D eigenvalue weighted by molar-refractivity contribution is 0.0807. The first kappa shape index (κ1) is 17.0. The molecule has 2 aromatic rings. The van der Waals surface area contributed by atoms with Gasteiger partial charge in [-0.15, -0.1) is 0 Å². The molecule has 1 heterocycles. The summed E-state index contributed by atoms with van der Waals surface area (Å²) < 4.78 is 1.51. The van der Waals surface area contributed by atoms with Gasteiger partial charge in [-0.3, -0.25) is 9.48 Å². The number of hydrogen-bond acceptors (Lipinski definition) is 3. The Kier molecular flexibility index (Phi) is 4.65. The van der Waals surface area contributed by atoms with Crippen LogP contribution in [0.5, 0.6) is 0 Å². The monoisotopic (exact) mass is 347 g/mol. The summed E-state index contributed by atoms with van der Waals surface area (Å²) in [6, 6.07) is 9.58. The Morgan fingerprint density at radius 3 is 2.67 bits per heavy atom. The highest BCUT2D eigenvalue weighted by atomic mass is 35.5. The van der Waals surface area contributed by atoms with Crippen molar-refractivity contribution >= 4 is 17.5 Å². The maximum Gasteiger partial charge on any atom is 0.256 e. The maximum atomic E-state index is 12.6. The number of benzene rings is 1. The molecule has 1 amide bonds. The standard InChI is InChI=1S/C18H22ClN3O2/c1-3-13-14(16(19)22(2)21-13)17(24)20-11-18(9-10-18)15(23)12-7-5-4-6-8-12/h4-8,15,23H,3,9-11H2,1-2H3,(H,20,24). The van der Waals surface area contributed by atoms with Crippen molar-refractivity contribution in [3.63, 3.8) is 0 Å². The number of halogens is 1. The highest BCUT2D eigenvalue weighted by Gasteiger charge is 2.49. The van der Waals surface area contributed by atoms with Crippen molar-refractivity contribution in [3.8, 4) is 0 Å². The summed E-state index contributed by atoms with van der Waals surface area (Å²) in [5, 5.41) is 18.2. The molecule has 1 unspecified atom stereocenters. The minimum absolute atomic E-state index is 0.225. The van der Waals surface area contributed by atoms with Crippen LogP contribution in [-0.4, -0.2) is 27.3 Å². The van der Waals surface area contributed by atoms with Crippen molar-refractivity contribution in [1.82, 2.24) is 15.1 Å². The molecule has 0 aliphatic heterocycles. The van der Waals surface area contributed by atoms with Crippen LogP contribution in [0.15, 0.2) is 30.3 Å². The highest BCUT2D eigenvalue weighted by molar-refractivity contribution is 6.33. The van der Waals surface area contributed by atoms with Crippen LogP contribution in [0.1, 0.15) is 47.5 Å². The van der Waals surface area contributed by atoms with Crippen LogP contribution in [0, 0.1) is 5.41 Å². The fourth-order valence-electron chi connectivity index (χ4n) is 3.07. The molecule has 6 heteroatoms. The fraction of sp³-hybridized carbons (Fsp3) is 0.444. The van der Waals surface area contributed by atoms with Gasteiger partial charge in [0.05, 0.1) is 17.4 Å². The third-order valence-electron chi connectivity index (χ3n) is 4.80. The van der Waals surface area contributed by atoms with Gasteiger partial charge < -0.3 is 10.4 Å². The van der Waals surface area contributed by atoms with Gasteiger partial charge in [0.15, 0.2) is 0 Å². The van der Waals surface area contributed by atoms with Crippen molar-refractivity contribution in [2.45, 2.75) is 32.3 Å². The lowest BCUT2D eigenvalue weighted by Crippen LogP contribution is -2.33. The summed E-state index contributed by atoms with van der Waals surface area (Å²) in [5.74, 6) is -0.225. The van der Waals surface area contributed by atoms with E-state index in [0.717, 1.165) is 18.4 Å². The van der Waals surface area contributed by atoms with Crippen molar-refractivity contribution in [1.29, 1.82) is 0 Å². The second-order valence-corrected chi connectivity index (χ2v) is 6.81. The van der Waals surface area contributed by atoms with Gasteiger partial charge in [-0.05, 0) is 24.8 Å². The molecule has 1 atom stereocenters. The molecule has 1 aliphatic rings. The molecule has 0 bridgehead atoms. The normalized spacial score (nSPS) is 16.7. The average molecular weight is 348 g/mol. The van der Waals surface area contributed by atoms with Crippen LogP contribution in [0.2, 0.25) is 5.15 Å². The quantitative estimate of drug-likeness (QED) is 0.844. The van der Waals surface area contributed by atoms with E-state index in [1.54, 1.807) is 7.05 Å². The Morgan fingerprint density at radius 2 is 2.08 bits per heavy atom. The van der Waals surface area contributed by atoms with Crippen molar-refractivity contribution in [2.75, 3.05) is 6.54 Å². The van der Waals surface area contributed by atoms with E-state index < -0.39 is 6.10 Å². The molecule has 128 valence electrons. The topological polar surface area (TPSA) is 67.2 Å². The van der Waals surface area contributed by atoms with Crippen LogP contribution in [0.4, 0.5) is 0 Å². The fourth-order valence-corrected chi connectivity index (χ4v) is 3.30. The zero-order valence-electron chi connectivity index (χ0n) is 13.9. The number of aryl methyl sites for hydroxylation is 2. The molecule has 3 rings (SSSR count). The second kappa shape index (κ2) is 6.57. The average Bonchev–Trinajstić information content (AvgIpc) is 3.34. The van der Waals surface area contributed by atoms with Crippen molar-refractivity contribution < 1.29 is 9.90 Å². The Hall–Kier alpha value is -1.85. The molecule has 24 heavy (non-hydrogen) atoms. The number of carbonyl (C=O) groups is 1. The summed E-state index contributed by atoms with van der Waals surface area (Å²) in [7, 11) is 1.72. The highest BCUT2D eigenvalue weighted by Crippen LogP contribution is 2.54. The molecule has 0 saturated heterocycles. The number of carbonyl (C=O) groups excluding carboxylic acids is 1. The van der Waals surface area contributed by atoms with Crippen molar-refractivity contribution in [2.24, 2.45) is 12.5 Å². The molecular weight excluding hydrogens is 326 g/mol. The lowest BCUT2D eigenvalue weighted by atomic mass is 9.92. The van der Waals surface area contributed by atoms with E-state index in [2.05, 4.69) is 10.4 Å². The molecule has 1 fully saturated rings. The summed E-state index contributed by atoms with van der Waals surface area (Å²) in [5.41, 5.74) is 1.73. The zero-order valence-corrected chi connectivity index (χ0v) is 14.7. The SMILES string of the molecule is CCc1nn(C)c(Cl)c1C(=O)NCC1(C(O)c2ccccc2)CC1. The Labute approximate surface area is 146 Å². The number of nitrogens with zero attached hydrogens (tertiary/aromatic N) is 2. The summed E-state index contributed by atoms with van der Waals surface area (Å²) in [6.45, 7) is 2.37. The molecule has 1 saturated carbocycles. The Bertz CT molecular complexity index is 738. The summed E-state index contributed by atoms with van der Waals surface area (Å²) >= 11 is 6.20. The summed E-state index contributed by atoms with van der Waals surface area (Å²) in [4.78, 5) is 12.6. The van der Waals surface area contributed by atoms with Gasteiger partial charge in [-0.25, -0.2) is 0 Å². The van der Waals surface area contributed by atoms with Gasteiger partial charge in [0.1, 0.15) is 5.15 Å². The molecule has 1 aromatic heterocycles. The third-order valence-corrected chi connectivity index (χ3v) is 5.23. The van der Waals surface area contributed by atoms with Gasteiger partial charge in [-0.1, -0.05) is 48.9 Å². The maximum absolute atomic E-state index is 12.6.